The van der Waals surface area contributed by atoms with Crippen molar-refractivity contribution in [3.63, 3.8) is 0 Å². The second-order valence-corrected chi connectivity index (χ2v) is 4.61. The van der Waals surface area contributed by atoms with Gasteiger partial charge in [-0.15, -0.1) is 0 Å². The van der Waals surface area contributed by atoms with E-state index in [1.807, 2.05) is 0 Å². The molecule has 1 saturated heterocycles. The van der Waals surface area contributed by atoms with Crippen LogP contribution in [-0.4, -0.2) is 31.6 Å². The highest BCUT2D eigenvalue weighted by Crippen LogP contribution is 2.08. The molecule has 1 fully saturated rings. The Morgan fingerprint density at radius 1 is 1.25 bits per heavy atom. The lowest BCUT2D eigenvalue weighted by Gasteiger charge is -2.22. The third kappa shape index (κ3) is 6.23. The van der Waals surface area contributed by atoms with E-state index in [0.29, 0.717) is 19.1 Å². The van der Waals surface area contributed by atoms with E-state index in [0.717, 1.165) is 32.4 Å². The second kappa shape index (κ2) is 8.71. The molecule has 1 aliphatic heterocycles. The lowest BCUT2D eigenvalue weighted by molar-refractivity contribution is -0.126. The Bertz CT molecular complexity index is 188. The molecule has 0 saturated carbocycles. The van der Waals surface area contributed by atoms with Crippen LogP contribution >= 0.6 is 0 Å². The predicted molar refractivity (Wildman–Crippen MR) is 65.6 cm³/mol. The third-order valence-electron chi connectivity index (χ3n) is 3.08. The number of ketones is 1. The van der Waals surface area contributed by atoms with Gasteiger partial charge in [0.1, 0.15) is 6.61 Å². The van der Waals surface area contributed by atoms with Gasteiger partial charge in [-0.2, -0.15) is 0 Å². The highest BCUT2D eigenvalue weighted by atomic mass is 16.5. The topological polar surface area (TPSA) is 38.3 Å². The molecule has 0 aliphatic carbocycles. The summed E-state index contributed by atoms with van der Waals surface area (Å²) in [6, 6.07) is 0. The van der Waals surface area contributed by atoms with Crippen molar-refractivity contribution in [1.29, 1.82) is 0 Å². The highest BCUT2D eigenvalue weighted by Gasteiger charge is 2.14. The standard InChI is InChI=1S/C13H25NO2/c1-2-3-4-5-6-12(15)11-16-13-7-9-14-10-8-13/h13-14H,2-11H2,1H3. The van der Waals surface area contributed by atoms with Crippen molar-refractivity contribution in [2.75, 3.05) is 19.7 Å². The van der Waals surface area contributed by atoms with Crippen LogP contribution < -0.4 is 5.32 Å². The lowest BCUT2D eigenvalue weighted by Crippen LogP contribution is -2.33. The maximum atomic E-state index is 11.5. The molecule has 3 nitrogen and oxygen atoms in total. The molecule has 16 heavy (non-hydrogen) atoms. The molecule has 3 heteroatoms. The summed E-state index contributed by atoms with van der Waals surface area (Å²) < 4.78 is 5.61. The number of Topliss-reactive ketones (excluding diaryl/α,β-unsaturated/α-hetero) is 1. The summed E-state index contributed by atoms with van der Waals surface area (Å²) in [5, 5.41) is 3.29. The van der Waals surface area contributed by atoms with Gasteiger partial charge >= 0.3 is 0 Å². The minimum Gasteiger partial charge on any atom is -0.370 e. The second-order valence-electron chi connectivity index (χ2n) is 4.61. The number of ether oxygens (including phenoxy) is 1. The van der Waals surface area contributed by atoms with Crippen LogP contribution in [0.5, 0.6) is 0 Å². The van der Waals surface area contributed by atoms with Gasteiger partial charge in [0, 0.05) is 6.42 Å². The first-order chi connectivity index (χ1) is 7.83. The maximum absolute atomic E-state index is 11.5. The number of rotatable bonds is 8. The molecule has 0 bridgehead atoms. The van der Waals surface area contributed by atoms with Gasteiger partial charge < -0.3 is 10.1 Å². The first-order valence-electron chi connectivity index (χ1n) is 6.67. The molecule has 0 aromatic heterocycles. The summed E-state index contributed by atoms with van der Waals surface area (Å²) >= 11 is 0. The predicted octanol–water partition coefficient (Wildman–Crippen LogP) is 2.29. The van der Waals surface area contributed by atoms with Gasteiger partial charge in [0.2, 0.25) is 0 Å². The minimum atomic E-state index is 0.273. The first kappa shape index (κ1) is 13.7. The monoisotopic (exact) mass is 227 g/mol. The summed E-state index contributed by atoms with van der Waals surface area (Å²) in [7, 11) is 0. The Balaban J connectivity index is 1.96. The average molecular weight is 227 g/mol. The molecule has 0 aromatic carbocycles. The Morgan fingerprint density at radius 3 is 2.69 bits per heavy atom. The zero-order valence-corrected chi connectivity index (χ0v) is 10.5. The normalized spacial score (nSPS) is 17.6. The molecule has 0 aromatic rings. The molecule has 1 heterocycles. The van der Waals surface area contributed by atoms with Crippen molar-refractivity contribution >= 4 is 5.78 Å². The molecular weight excluding hydrogens is 202 g/mol. The smallest absolute Gasteiger partial charge is 0.158 e. The molecule has 94 valence electrons. The number of carbonyl (C=O) groups is 1. The maximum Gasteiger partial charge on any atom is 0.158 e. The van der Waals surface area contributed by atoms with Crippen LogP contribution in [0.15, 0.2) is 0 Å². The van der Waals surface area contributed by atoms with E-state index in [4.69, 9.17) is 4.74 Å². The van der Waals surface area contributed by atoms with Gasteiger partial charge in [0.25, 0.3) is 0 Å². The van der Waals surface area contributed by atoms with E-state index in [1.54, 1.807) is 0 Å². The van der Waals surface area contributed by atoms with Crippen molar-refractivity contribution in [2.24, 2.45) is 0 Å². The molecule has 0 atom stereocenters. The number of hydrogen-bond acceptors (Lipinski definition) is 3. The van der Waals surface area contributed by atoms with Crippen molar-refractivity contribution in [1.82, 2.24) is 5.32 Å². The van der Waals surface area contributed by atoms with Gasteiger partial charge in [-0.1, -0.05) is 26.2 Å². The third-order valence-corrected chi connectivity index (χ3v) is 3.08. The van der Waals surface area contributed by atoms with Crippen LogP contribution in [0.3, 0.4) is 0 Å². The highest BCUT2D eigenvalue weighted by molar-refractivity contribution is 5.79. The number of hydrogen-bond donors (Lipinski definition) is 1. The molecule has 0 unspecified atom stereocenters. The Kier molecular flexibility index (Phi) is 7.43. The van der Waals surface area contributed by atoms with Gasteiger partial charge in [-0.05, 0) is 32.4 Å². The largest absolute Gasteiger partial charge is 0.370 e. The Labute approximate surface area is 98.9 Å². The van der Waals surface area contributed by atoms with Gasteiger partial charge in [-0.25, -0.2) is 0 Å². The molecule has 0 spiro atoms. The minimum absolute atomic E-state index is 0.273. The molecular formula is C13H25NO2. The SMILES string of the molecule is CCCCCCC(=O)COC1CCNCC1. The fourth-order valence-corrected chi connectivity index (χ4v) is 1.99. The van der Waals surface area contributed by atoms with Crippen LogP contribution in [0.4, 0.5) is 0 Å². The lowest BCUT2D eigenvalue weighted by atomic mass is 10.1. The summed E-state index contributed by atoms with van der Waals surface area (Å²) in [5.74, 6) is 0.273. The van der Waals surface area contributed by atoms with Crippen LogP contribution in [0.2, 0.25) is 0 Å². The van der Waals surface area contributed by atoms with E-state index in [1.165, 1.54) is 19.3 Å². The quantitative estimate of drug-likeness (QED) is 0.647. The van der Waals surface area contributed by atoms with E-state index in [9.17, 15) is 4.79 Å². The number of nitrogens with one attached hydrogen (secondary N) is 1. The zero-order valence-electron chi connectivity index (χ0n) is 10.5. The molecule has 1 N–H and O–H groups in total. The summed E-state index contributed by atoms with van der Waals surface area (Å²) in [5.41, 5.74) is 0. The average Bonchev–Trinajstić information content (AvgIpc) is 2.33. The van der Waals surface area contributed by atoms with Gasteiger partial charge in [0.15, 0.2) is 5.78 Å². The summed E-state index contributed by atoms with van der Waals surface area (Å²) in [4.78, 5) is 11.5. The molecule has 0 radical (unpaired) electrons. The fraction of sp³-hybridized carbons (Fsp3) is 0.923. The Morgan fingerprint density at radius 2 is 2.00 bits per heavy atom. The molecule has 1 rings (SSSR count). The van der Waals surface area contributed by atoms with Crippen molar-refractivity contribution in [2.45, 2.75) is 58.0 Å². The summed E-state index contributed by atoms with van der Waals surface area (Å²) in [6.07, 6.45) is 7.76. The number of piperidine rings is 1. The van der Waals surface area contributed by atoms with Gasteiger partial charge in [-0.3, -0.25) is 4.79 Å². The number of unbranched alkanes of at least 4 members (excludes halogenated alkanes) is 3. The van der Waals surface area contributed by atoms with Crippen molar-refractivity contribution in [3.8, 4) is 0 Å². The summed E-state index contributed by atoms with van der Waals surface area (Å²) in [6.45, 7) is 4.56. The zero-order chi connectivity index (χ0) is 11.6. The van der Waals surface area contributed by atoms with E-state index >= 15 is 0 Å². The molecule has 0 amide bonds. The van der Waals surface area contributed by atoms with Crippen LogP contribution in [0, 0.1) is 0 Å². The van der Waals surface area contributed by atoms with E-state index in [2.05, 4.69) is 12.2 Å². The van der Waals surface area contributed by atoms with Gasteiger partial charge in [0.05, 0.1) is 6.10 Å². The first-order valence-corrected chi connectivity index (χ1v) is 6.67. The van der Waals surface area contributed by atoms with E-state index in [-0.39, 0.29) is 5.78 Å². The molecule has 1 aliphatic rings. The van der Waals surface area contributed by atoms with Crippen LogP contribution in [-0.2, 0) is 9.53 Å². The van der Waals surface area contributed by atoms with Crippen LogP contribution in [0.25, 0.3) is 0 Å². The van der Waals surface area contributed by atoms with Crippen LogP contribution in [0.1, 0.15) is 51.9 Å². The van der Waals surface area contributed by atoms with Crippen molar-refractivity contribution in [3.05, 3.63) is 0 Å². The van der Waals surface area contributed by atoms with Crippen molar-refractivity contribution < 1.29 is 9.53 Å². The fourth-order valence-electron chi connectivity index (χ4n) is 1.99. The van der Waals surface area contributed by atoms with E-state index < -0.39 is 0 Å². The Hall–Kier alpha value is -0.410. The number of carbonyl (C=O) groups excluding carboxylic acids is 1.